The number of rotatable bonds is 4. The van der Waals surface area contributed by atoms with E-state index in [4.69, 9.17) is 4.74 Å². The van der Waals surface area contributed by atoms with E-state index in [1.807, 2.05) is 42.5 Å². The third kappa shape index (κ3) is 3.44. The standard InChI is InChI=1S/C18H16N2O3S/c1-2-23-18(22)15-16(21)14(11-13-9-6-10-19-13)24-17(15)20-12-7-4-3-5-8-12/h3-11,19,21H,2H2,1H3/b14-11-,20-17?. The molecule has 2 aromatic rings. The number of benzene rings is 1. The molecule has 1 aromatic carbocycles. The fourth-order valence-corrected chi connectivity index (χ4v) is 3.21. The van der Waals surface area contributed by atoms with Gasteiger partial charge in [0.1, 0.15) is 16.4 Å². The number of nitrogens with zero attached hydrogens (tertiary/aromatic N) is 1. The van der Waals surface area contributed by atoms with E-state index in [9.17, 15) is 9.90 Å². The number of hydrogen-bond acceptors (Lipinski definition) is 5. The number of thioether (sulfide) groups is 1. The van der Waals surface area contributed by atoms with Crippen LogP contribution < -0.4 is 0 Å². The number of H-pyrrole nitrogens is 1. The highest BCUT2D eigenvalue weighted by Crippen LogP contribution is 2.40. The molecule has 0 saturated heterocycles. The molecule has 122 valence electrons. The molecule has 0 aliphatic carbocycles. The highest BCUT2D eigenvalue weighted by molar-refractivity contribution is 8.18. The minimum Gasteiger partial charge on any atom is -0.506 e. The zero-order valence-corrected chi connectivity index (χ0v) is 13.8. The lowest BCUT2D eigenvalue weighted by atomic mass is 10.2. The van der Waals surface area contributed by atoms with E-state index in [0.29, 0.717) is 15.6 Å². The molecule has 0 spiro atoms. The van der Waals surface area contributed by atoms with Gasteiger partial charge >= 0.3 is 5.97 Å². The molecule has 1 aliphatic rings. The van der Waals surface area contributed by atoms with Crippen LogP contribution in [0, 0.1) is 0 Å². The van der Waals surface area contributed by atoms with E-state index in [1.165, 1.54) is 11.8 Å². The highest BCUT2D eigenvalue weighted by Gasteiger charge is 2.33. The summed E-state index contributed by atoms with van der Waals surface area (Å²) in [6.45, 7) is 1.95. The molecule has 0 bridgehead atoms. The van der Waals surface area contributed by atoms with Crippen molar-refractivity contribution < 1.29 is 14.6 Å². The summed E-state index contributed by atoms with van der Waals surface area (Å²) in [5.41, 5.74) is 1.63. The van der Waals surface area contributed by atoms with Gasteiger partial charge in [0, 0.05) is 11.9 Å². The lowest BCUT2D eigenvalue weighted by Crippen LogP contribution is -2.12. The number of ether oxygens (including phenoxy) is 1. The lowest BCUT2D eigenvalue weighted by molar-refractivity contribution is -0.138. The van der Waals surface area contributed by atoms with Crippen LogP contribution in [-0.4, -0.2) is 27.7 Å². The number of carbonyl (C=O) groups is 1. The summed E-state index contributed by atoms with van der Waals surface area (Å²) in [5, 5.41) is 10.9. The average Bonchev–Trinajstić information content (AvgIpc) is 3.18. The minimum atomic E-state index is -0.577. The second-order valence-corrected chi connectivity index (χ2v) is 5.96. The zero-order valence-electron chi connectivity index (χ0n) is 13.0. The molecule has 2 heterocycles. The predicted molar refractivity (Wildman–Crippen MR) is 96.2 cm³/mol. The summed E-state index contributed by atoms with van der Waals surface area (Å²) in [7, 11) is 0. The molecule has 0 fully saturated rings. The first-order valence-corrected chi connectivity index (χ1v) is 8.28. The monoisotopic (exact) mass is 340 g/mol. The quantitative estimate of drug-likeness (QED) is 0.818. The maximum Gasteiger partial charge on any atom is 0.344 e. The van der Waals surface area contributed by atoms with Gasteiger partial charge in [-0.3, -0.25) is 0 Å². The maximum atomic E-state index is 12.2. The van der Waals surface area contributed by atoms with Crippen LogP contribution in [0.15, 0.2) is 69.9 Å². The van der Waals surface area contributed by atoms with Gasteiger partial charge in [-0.1, -0.05) is 30.0 Å². The third-order valence-electron chi connectivity index (χ3n) is 3.27. The van der Waals surface area contributed by atoms with Gasteiger partial charge in [-0.25, -0.2) is 9.79 Å². The van der Waals surface area contributed by atoms with Gasteiger partial charge in [0.2, 0.25) is 0 Å². The number of aromatic nitrogens is 1. The number of carbonyl (C=O) groups excluding carboxylic acids is 1. The molecule has 3 rings (SSSR count). The van der Waals surface area contributed by atoms with Crippen LogP contribution in [-0.2, 0) is 9.53 Å². The van der Waals surface area contributed by atoms with Crippen LogP contribution in [0.3, 0.4) is 0 Å². The van der Waals surface area contributed by atoms with E-state index in [1.54, 1.807) is 19.2 Å². The summed E-state index contributed by atoms with van der Waals surface area (Å²) in [6.07, 6.45) is 3.56. The summed E-state index contributed by atoms with van der Waals surface area (Å²) in [4.78, 5) is 20.3. The number of aliphatic hydroxyl groups is 1. The first-order chi connectivity index (χ1) is 11.7. The summed E-state index contributed by atoms with van der Waals surface area (Å²) in [5.74, 6) is -0.685. The second kappa shape index (κ2) is 7.23. The predicted octanol–water partition coefficient (Wildman–Crippen LogP) is 4.21. The van der Waals surface area contributed by atoms with Crippen LogP contribution in [0.25, 0.3) is 6.08 Å². The van der Waals surface area contributed by atoms with Gasteiger partial charge < -0.3 is 14.8 Å². The zero-order chi connectivity index (χ0) is 16.9. The SMILES string of the molecule is CCOC(=O)C1=C(O)/C(=C/c2ccc[nH]2)SC1=Nc1ccccc1. The number of aliphatic imine (C=N–C) groups is 1. The lowest BCUT2D eigenvalue weighted by Gasteiger charge is -2.03. The Labute approximate surface area is 143 Å². The minimum absolute atomic E-state index is 0.100. The first kappa shape index (κ1) is 16.1. The Hall–Kier alpha value is -2.73. The van der Waals surface area contributed by atoms with Crippen molar-refractivity contribution in [1.29, 1.82) is 0 Å². The van der Waals surface area contributed by atoms with E-state index >= 15 is 0 Å². The Morgan fingerprint density at radius 2 is 2.08 bits per heavy atom. The highest BCUT2D eigenvalue weighted by atomic mass is 32.2. The van der Waals surface area contributed by atoms with Gasteiger partial charge in [-0.2, -0.15) is 0 Å². The van der Waals surface area contributed by atoms with Crippen molar-refractivity contribution in [2.75, 3.05) is 6.61 Å². The Balaban J connectivity index is 2.02. The molecule has 1 aromatic heterocycles. The third-order valence-corrected chi connectivity index (χ3v) is 4.29. The molecule has 6 heteroatoms. The molecule has 5 nitrogen and oxygen atoms in total. The molecule has 0 saturated carbocycles. The molecular formula is C18H16N2O3S. The summed E-state index contributed by atoms with van der Waals surface area (Å²) < 4.78 is 5.06. The van der Waals surface area contributed by atoms with Crippen LogP contribution in [0.4, 0.5) is 5.69 Å². The van der Waals surface area contributed by atoms with Crippen molar-refractivity contribution in [1.82, 2.24) is 4.98 Å². The molecule has 0 radical (unpaired) electrons. The topological polar surface area (TPSA) is 74.7 Å². The maximum absolute atomic E-state index is 12.2. The van der Waals surface area contributed by atoms with E-state index in [-0.39, 0.29) is 17.9 Å². The fraction of sp³-hybridized carbons (Fsp3) is 0.111. The van der Waals surface area contributed by atoms with Gasteiger partial charge in [0.25, 0.3) is 0 Å². The van der Waals surface area contributed by atoms with E-state index in [2.05, 4.69) is 9.98 Å². The van der Waals surface area contributed by atoms with Crippen molar-refractivity contribution in [3.63, 3.8) is 0 Å². The van der Waals surface area contributed by atoms with E-state index < -0.39 is 5.97 Å². The first-order valence-electron chi connectivity index (χ1n) is 7.47. The smallest absolute Gasteiger partial charge is 0.344 e. The van der Waals surface area contributed by atoms with Crippen molar-refractivity contribution in [3.05, 3.63) is 70.6 Å². The Bertz CT molecular complexity index is 821. The largest absolute Gasteiger partial charge is 0.506 e. The van der Waals surface area contributed by atoms with Gasteiger partial charge in [-0.15, -0.1) is 0 Å². The van der Waals surface area contributed by atoms with Crippen molar-refractivity contribution in [3.8, 4) is 0 Å². The Morgan fingerprint density at radius 3 is 2.75 bits per heavy atom. The van der Waals surface area contributed by atoms with Crippen LogP contribution >= 0.6 is 11.8 Å². The normalized spacial score (nSPS) is 17.7. The Kier molecular flexibility index (Phi) is 4.86. The number of hydrogen-bond donors (Lipinski definition) is 2. The van der Waals surface area contributed by atoms with E-state index in [0.717, 1.165) is 5.69 Å². The summed E-state index contributed by atoms with van der Waals surface area (Å²) >= 11 is 1.24. The molecule has 2 N–H and O–H groups in total. The molecule has 0 unspecified atom stereocenters. The number of esters is 1. The fourth-order valence-electron chi connectivity index (χ4n) is 2.19. The van der Waals surface area contributed by atoms with Crippen molar-refractivity contribution in [2.24, 2.45) is 4.99 Å². The van der Waals surface area contributed by atoms with Gasteiger partial charge in [0.05, 0.1) is 17.2 Å². The van der Waals surface area contributed by atoms with Gasteiger partial charge in [0.15, 0.2) is 0 Å². The average molecular weight is 340 g/mol. The molecule has 1 aliphatic heterocycles. The van der Waals surface area contributed by atoms with Crippen molar-refractivity contribution in [2.45, 2.75) is 6.92 Å². The van der Waals surface area contributed by atoms with Crippen LogP contribution in [0.2, 0.25) is 0 Å². The number of para-hydroxylation sites is 1. The molecule has 24 heavy (non-hydrogen) atoms. The molecular weight excluding hydrogens is 324 g/mol. The van der Waals surface area contributed by atoms with Crippen LogP contribution in [0.5, 0.6) is 0 Å². The number of aromatic amines is 1. The second-order valence-electron chi connectivity index (χ2n) is 4.93. The number of nitrogens with one attached hydrogen (secondary N) is 1. The molecule has 0 amide bonds. The number of aliphatic hydroxyl groups excluding tert-OH is 1. The van der Waals surface area contributed by atoms with Gasteiger partial charge in [-0.05, 0) is 37.3 Å². The van der Waals surface area contributed by atoms with Crippen LogP contribution in [0.1, 0.15) is 12.6 Å². The Morgan fingerprint density at radius 1 is 1.29 bits per heavy atom. The molecule has 0 atom stereocenters. The van der Waals surface area contributed by atoms with Crippen molar-refractivity contribution >= 4 is 34.5 Å². The summed E-state index contributed by atoms with van der Waals surface area (Å²) in [6, 6.07) is 13.0.